The molecule has 2 heterocycles. The zero-order valence-electron chi connectivity index (χ0n) is 13.8. The normalized spacial score (nSPS) is 14.1. The SMILES string of the molecule is CC(C)c1nccn1CCC(=O)N1CCCc2c(N)cccc21. The molecular weight excluding hydrogens is 288 g/mol. The number of nitrogen functional groups attached to an aromatic ring is 1. The average Bonchev–Trinajstić information content (AvgIpc) is 3.01. The number of nitrogens with two attached hydrogens (primary N) is 1. The standard InChI is InChI=1S/C18H24N4O/c1-13(2)18-20-9-12-21(18)11-8-17(23)22-10-4-5-14-15(19)6-3-7-16(14)22/h3,6-7,9,12-13H,4-5,8,10-11,19H2,1-2H3. The fraction of sp³-hybridized carbons (Fsp3) is 0.444. The van der Waals surface area contributed by atoms with E-state index in [0.29, 0.717) is 18.9 Å². The van der Waals surface area contributed by atoms with E-state index in [9.17, 15) is 4.79 Å². The zero-order chi connectivity index (χ0) is 16.4. The Morgan fingerprint density at radius 1 is 1.39 bits per heavy atom. The highest BCUT2D eigenvalue weighted by Crippen LogP contribution is 2.31. The molecule has 1 aromatic heterocycles. The van der Waals surface area contributed by atoms with E-state index in [-0.39, 0.29) is 5.91 Å². The number of aromatic nitrogens is 2. The van der Waals surface area contributed by atoms with Gasteiger partial charge in [-0.1, -0.05) is 19.9 Å². The molecule has 1 aliphatic rings. The first-order valence-electron chi connectivity index (χ1n) is 8.26. The number of anilines is 2. The molecule has 1 amide bonds. The molecule has 1 aliphatic heterocycles. The van der Waals surface area contributed by atoms with Crippen LogP contribution in [-0.4, -0.2) is 22.0 Å². The van der Waals surface area contributed by atoms with Crippen molar-refractivity contribution in [3.05, 3.63) is 42.0 Å². The zero-order valence-corrected chi connectivity index (χ0v) is 13.8. The molecule has 2 N–H and O–H groups in total. The number of hydrogen-bond acceptors (Lipinski definition) is 3. The van der Waals surface area contributed by atoms with E-state index < -0.39 is 0 Å². The number of imidazole rings is 1. The summed E-state index contributed by atoms with van der Waals surface area (Å²) in [6.45, 7) is 5.67. The summed E-state index contributed by atoms with van der Waals surface area (Å²) in [4.78, 5) is 19.0. The Morgan fingerprint density at radius 2 is 2.22 bits per heavy atom. The van der Waals surface area contributed by atoms with Crippen LogP contribution in [0.1, 0.15) is 44.0 Å². The second-order valence-corrected chi connectivity index (χ2v) is 6.38. The minimum atomic E-state index is 0.153. The van der Waals surface area contributed by atoms with Crippen molar-refractivity contribution in [3.8, 4) is 0 Å². The maximum atomic E-state index is 12.7. The number of aryl methyl sites for hydroxylation is 1. The summed E-state index contributed by atoms with van der Waals surface area (Å²) < 4.78 is 2.08. The Hall–Kier alpha value is -2.30. The van der Waals surface area contributed by atoms with Gasteiger partial charge in [0.1, 0.15) is 5.82 Å². The van der Waals surface area contributed by atoms with Gasteiger partial charge in [0.25, 0.3) is 0 Å². The van der Waals surface area contributed by atoms with Crippen LogP contribution in [0.4, 0.5) is 11.4 Å². The Bertz CT molecular complexity index is 705. The lowest BCUT2D eigenvalue weighted by Crippen LogP contribution is -2.36. The number of amides is 1. The van der Waals surface area contributed by atoms with E-state index >= 15 is 0 Å². The Labute approximate surface area is 137 Å². The first-order valence-corrected chi connectivity index (χ1v) is 8.26. The van der Waals surface area contributed by atoms with Gasteiger partial charge < -0.3 is 15.2 Å². The van der Waals surface area contributed by atoms with Crippen LogP contribution in [0.5, 0.6) is 0 Å². The number of nitrogens with zero attached hydrogens (tertiary/aromatic N) is 3. The summed E-state index contributed by atoms with van der Waals surface area (Å²) >= 11 is 0. The summed E-state index contributed by atoms with van der Waals surface area (Å²) in [6.07, 6.45) is 6.14. The molecule has 0 bridgehead atoms. The van der Waals surface area contributed by atoms with E-state index in [4.69, 9.17) is 5.73 Å². The number of hydrogen-bond donors (Lipinski definition) is 1. The van der Waals surface area contributed by atoms with Crippen LogP contribution in [0.2, 0.25) is 0 Å². The molecule has 0 atom stereocenters. The summed E-state index contributed by atoms with van der Waals surface area (Å²) in [7, 11) is 0. The number of carbonyl (C=O) groups excluding carboxylic acids is 1. The van der Waals surface area contributed by atoms with Gasteiger partial charge in [0.15, 0.2) is 0 Å². The van der Waals surface area contributed by atoms with E-state index in [2.05, 4.69) is 23.4 Å². The molecule has 0 fully saturated rings. The third kappa shape index (κ3) is 3.09. The molecule has 0 spiro atoms. The van der Waals surface area contributed by atoms with Crippen molar-refractivity contribution in [2.75, 3.05) is 17.2 Å². The predicted molar refractivity (Wildman–Crippen MR) is 92.5 cm³/mol. The topological polar surface area (TPSA) is 64.2 Å². The largest absolute Gasteiger partial charge is 0.398 e. The van der Waals surface area contributed by atoms with Crippen molar-refractivity contribution >= 4 is 17.3 Å². The van der Waals surface area contributed by atoms with Crippen molar-refractivity contribution in [3.63, 3.8) is 0 Å². The van der Waals surface area contributed by atoms with Crippen molar-refractivity contribution in [2.45, 2.75) is 45.6 Å². The highest BCUT2D eigenvalue weighted by Gasteiger charge is 2.23. The maximum absolute atomic E-state index is 12.7. The van der Waals surface area contributed by atoms with E-state index in [0.717, 1.165) is 42.1 Å². The van der Waals surface area contributed by atoms with Crippen LogP contribution in [0.3, 0.4) is 0 Å². The van der Waals surface area contributed by atoms with Crippen LogP contribution in [-0.2, 0) is 17.8 Å². The van der Waals surface area contributed by atoms with Gasteiger partial charge in [-0.05, 0) is 30.5 Å². The number of rotatable bonds is 4. The average molecular weight is 312 g/mol. The molecular formula is C18H24N4O. The van der Waals surface area contributed by atoms with Crippen molar-refractivity contribution in [1.82, 2.24) is 9.55 Å². The number of fused-ring (bicyclic) bond motifs is 1. The highest BCUT2D eigenvalue weighted by atomic mass is 16.2. The molecule has 0 radical (unpaired) electrons. The summed E-state index contributed by atoms with van der Waals surface area (Å²) in [6, 6.07) is 5.83. The van der Waals surface area contributed by atoms with Gasteiger partial charge >= 0.3 is 0 Å². The van der Waals surface area contributed by atoms with Gasteiger partial charge in [-0.15, -0.1) is 0 Å². The van der Waals surface area contributed by atoms with Gasteiger partial charge in [-0.2, -0.15) is 0 Å². The molecule has 3 rings (SSSR count). The molecule has 1 aromatic carbocycles. The van der Waals surface area contributed by atoms with E-state index in [1.165, 1.54) is 0 Å². The summed E-state index contributed by atoms with van der Waals surface area (Å²) in [5, 5.41) is 0. The quantitative estimate of drug-likeness (QED) is 0.883. The molecule has 5 heteroatoms. The van der Waals surface area contributed by atoms with E-state index in [1.54, 1.807) is 6.20 Å². The first kappa shape index (κ1) is 15.6. The van der Waals surface area contributed by atoms with Gasteiger partial charge in [-0.25, -0.2) is 4.98 Å². The van der Waals surface area contributed by atoms with Crippen molar-refractivity contribution in [1.29, 1.82) is 0 Å². The fourth-order valence-corrected chi connectivity index (χ4v) is 3.27. The number of benzene rings is 1. The van der Waals surface area contributed by atoms with Crippen molar-refractivity contribution in [2.24, 2.45) is 0 Å². The molecule has 122 valence electrons. The summed E-state index contributed by atoms with van der Waals surface area (Å²) in [5.74, 6) is 1.54. The second kappa shape index (κ2) is 6.44. The lowest BCUT2D eigenvalue weighted by molar-refractivity contribution is -0.118. The molecule has 2 aromatic rings. The monoisotopic (exact) mass is 312 g/mol. The van der Waals surface area contributed by atoms with E-state index in [1.807, 2.05) is 29.3 Å². The van der Waals surface area contributed by atoms with Crippen LogP contribution < -0.4 is 10.6 Å². The maximum Gasteiger partial charge on any atom is 0.228 e. The highest BCUT2D eigenvalue weighted by molar-refractivity contribution is 5.95. The Morgan fingerprint density at radius 3 is 3.00 bits per heavy atom. The minimum Gasteiger partial charge on any atom is -0.398 e. The smallest absolute Gasteiger partial charge is 0.228 e. The lowest BCUT2D eigenvalue weighted by atomic mass is 9.99. The molecule has 5 nitrogen and oxygen atoms in total. The molecule has 0 unspecified atom stereocenters. The first-order chi connectivity index (χ1) is 11.1. The molecule has 0 saturated heterocycles. The van der Waals surface area contributed by atoms with Gasteiger partial charge in [0, 0.05) is 49.2 Å². The fourth-order valence-electron chi connectivity index (χ4n) is 3.27. The second-order valence-electron chi connectivity index (χ2n) is 6.38. The Balaban J connectivity index is 1.73. The lowest BCUT2D eigenvalue weighted by Gasteiger charge is -2.30. The third-order valence-corrected chi connectivity index (χ3v) is 4.42. The van der Waals surface area contributed by atoms with Gasteiger partial charge in [0.05, 0.1) is 0 Å². The number of carbonyl (C=O) groups is 1. The Kier molecular flexibility index (Phi) is 4.37. The third-order valence-electron chi connectivity index (χ3n) is 4.42. The van der Waals surface area contributed by atoms with Gasteiger partial charge in [-0.3, -0.25) is 4.79 Å². The molecule has 0 saturated carbocycles. The predicted octanol–water partition coefficient (Wildman–Crippen LogP) is 2.96. The molecule has 0 aliphatic carbocycles. The summed E-state index contributed by atoms with van der Waals surface area (Å²) in [5.41, 5.74) is 8.94. The van der Waals surface area contributed by atoms with Crippen LogP contribution in [0.25, 0.3) is 0 Å². The minimum absolute atomic E-state index is 0.153. The van der Waals surface area contributed by atoms with Crippen LogP contribution >= 0.6 is 0 Å². The molecule has 23 heavy (non-hydrogen) atoms. The van der Waals surface area contributed by atoms with Gasteiger partial charge in [0.2, 0.25) is 5.91 Å². The van der Waals surface area contributed by atoms with Crippen LogP contribution in [0.15, 0.2) is 30.6 Å². The van der Waals surface area contributed by atoms with Crippen LogP contribution in [0, 0.1) is 0 Å². The van der Waals surface area contributed by atoms with Crippen molar-refractivity contribution < 1.29 is 4.79 Å².